The summed E-state index contributed by atoms with van der Waals surface area (Å²) in [5.41, 5.74) is -0.227. The summed E-state index contributed by atoms with van der Waals surface area (Å²) in [6, 6.07) is 3.89. The maximum Gasteiger partial charge on any atom is 0.174 e. The van der Waals surface area contributed by atoms with Crippen molar-refractivity contribution in [2.45, 2.75) is 51.9 Å². The summed E-state index contributed by atoms with van der Waals surface area (Å²) in [4.78, 5) is 81.2. The monoisotopic (exact) mass is 417 g/mol. The number of rotatable bonds is 14. The molecule has 0 aliphatic rings. The molecule has 1 N–H and O–H groups in total. The first-order valence-corrected chi connectivity index (χ1v) is 9.15. The van der Waals surface area contributed by atoms with Gasteiger partial charge < -0.3 is 15.0 Å². The number of carbonyl (C=O) groups is 7. The Labute approximate surface area is 172 Å². The van der Waals surface area contributed by atoms with E-state index in [1.54, 1.807) is 6.92 Å². The minimum absolute atomic E-state index is 0.0616. The summed E-state index contributed by atoms with van der Waals surface area (Å²) in [7, 11) is 0. The van der Waals surface area contributed by atoms with Crippen LogP contribution in [0.1, 0.15) is 61.4 Å². The van der Waals surface area contributed by atoms with E-state index in [9.17, 15) is 43.8 Å². The van der Waals surface area contributed by atoms with Crippen molar-refractivity contribution in [3.8, 4) is 5.75 Å². The molecule has 9 nitrogen and oxygen atoms in total. The summed E-state index contributed by atoms with van der Waals surface area (Å²) < 4.78 is 0. The van der Waals surface area contributed by atoms with Crippen molar-refractivity contribution in [3.63, 3.8) is 0 Å². The minimum Gasteiger partial charge on any atom is -0.550 e. The number of hydrogen-bond acceptors (Lipinski definition) is 9. The molecule has 1 aromatic carbocycles. The van der Waals surface area contributed by atoms with Crippen molar-refractivity contribution in [1.29, 1.82) is 0 Å². The van der Waals surface area contributed by atoms with Gasteiger partial charge in [-0.05, 0) is 11.6 Å². The summed E-state index contributed by atoms with van der Waals surface area (Å²) in [5.74, 6) is -6.13. The van der Waals surface area contributed by atoms with Gasteiger partial charge >= 0.3 is 0 Å². The molecular weight excluding hydrogens is 396 g/mol. The average molecular weight is 417 g/mol. The third-order valence-electron chi connectivity index (χ3n) is 4.07. The number of carboxylic acid groups (broad SMARTS) is 1. The molecule has 0 fully saturated rings. The van der Waals surface area contributed by atoms with E-state index in [1.807, 2.05) is 0 Å². The number of phenolic OH excluding ortho intramolecular Hbond substituents is 1. The maximum absolute atomic E-state index is 12.5. The van der Waals surface area contributed by atoms with E-state index in [4.69, 9.17) is 0 Å². The molecule has 0 atom stereocenters. The van der Waals surface area contributed by atoms with Gasteiger partial charge in [0.2, 0.25) is 0 Å². The Morgan fingerprint density at radius 2 is 1.30 bits per heavy atom. The van der Waals surface area contributed by atoms with Crippen molar-refractivity contribution in [2.24, 2.45) is 0 Å². The largest absolute Gasteiger partial charge is 0.550 e. The zero-order valence-electron chi connectivity index (χ0n) is 16.4. The van der Waals surface area contributed by atoms with Gasteiger partial charge in [0.15, 0.2) is 5.78 Å². The average Bonchev–Trinajstić information content (AvgIpc) is 2.60. The van der Waals surface area contributed by atoms with Gasteiger partial charge in [0, 0.05) is 25.2 Å². The molecule has 0 radical (unpaired) electrons. The van der Waals surface area contributed by atoms with E-state index in [-0.39, 0.29) is 23.3 Å². The minimum atomic E-state index is -1.62. The number of Topliss-reactive ketones (excluding diaryl/α,β-unsaturated/α-hetero) is 6. The Bertz CT molecular complexity index is 896. The van der Waals surface area contributed by atoms with Gasteiger partial charge in [-0.15, -0.1) is 0 Å². The topological polar surface area (TPSA) is 163 Å². The van der Waals surface area contributed by atoms with Crippen LogP contribution in [0.15, 0.2) is 18.2 Å². The number of aromatic hydroxyl groups is 1. The molecule has 1 aromatic rings. The van der Waals surface area contributed by atoms with Gasteiger partial charge in [0.05, 0.1) is 31.2 Å². The highest BCUT2D eigenvalue weighted by atomic mass is 16.4. The Hall–Kier alpha value is -3.49. The van der Waals surface area contributed by atoms with Crippen LogP contribution < -0.4 is 5.11 Å². The molecule has 1 rings (SSSR count). The van der Waals surface area contributed by atoms with Crippen LogP contribution in [0.2, 0.25) is 0 Å². The van der Waals surface area contributed by atoms with Crippen molar-refractivity contribution >= 4 is 40.7 Å². The highest BCUT2D eigenvalue weighted by Crippen LogP contribution is 2.24. The Kier molecular flexibility index (Phi) is 9.41. The molecule has 0 aliphatic carbocycles. The van der Waals surface area contributed by atoms with E-state index < -0.39 is 79.2 Å². The van der Waals surface area contributed by atoms with Crippen molar-refractivity contribution in [2.75, 3.05) is 0 Å². The second-order valence-corrected chi connectivity index (χ2v) is 6.71. The lowest BCUT2D eigenvalue weighted by molar-refractivity contribution is -0.304. The number of carboxylic acids is 1. The van der Waals surface area contributed by atoms with E-state index in [0.29, 0.717) is 0 Å². The molecule has 0 heterocycles. The molecule has 0 spiro atoms. The molecular formula is C21H21O9-. The van der Waals surface area contributed by atoms with Crippen LogP contribution in [0, 0.1) is 0 Å². The fraction of sp³-hybridized carbons (Fsp3) is 0.381. The van der Waals surface area contributed by atoms with Gasteiger partial charge in [-0.2, -0.15) is 0 Å². The second kappa shape index (κ2) is 11.5. The number of ketones is 6. The van der Waals surface area contributed by atoms with Gasteiger partial charge in [-0.1, -0.05) is 19.1 Å². The molecule has 0 unspecified atom stereocenters. The lowest BCUT2D eigenvalue weighted by Gasteiger charge is -2.10. The molecule has 30 heavy (non-hydrogen) atoms. The van der Waals surface area contributed by atoms with Gasteiger partial charge in [-0.25, -0.2) is 0 Å². The Morgan fingerprint density at radius 1 is 0.767 bits per heavy atom. The Balaban J connectivity index is 2.85. The van der Waals surface area contributed by atoms with Crippen molar-refractivity contribution < 1.29 is 43.8 Å². The number of benzene rings is 1. The molecule has 0 saturated heterocycles. The number of phenols is 1. The molecule has 0 saturated carbocycles. The third kappa shape index (κ3) is 8.26. The van der Waals surface area contributed by atoms with Crippen LogP contribution >= 0.6 is 0 Å². The summed E-state index contributed by atoms with van der Waals surface area (Å²) in [6.07, 6.45) is -3.60. The first kappa shape index (κ1) is 24.5. The lowest BCUT2D eigenvalue weighted by atomic mass is 9.93. The summed E-state index contributed by atoms with van der Waals surface area (Å²) in [6.45, 7) is 1.58. The summed E-state index contributed by atoms with van der Waals surface area (Å²) >= 11 is 0. The fourth-order valence-electron chi connectivity index (χ4n) is 2.73. The van der Waals surface area contributed by atoms with Gasteiger partial charge in [0.25, 0.3) is 0 Å². The predicted octanol–water partition coefficient (Wildman–Crippen LogP) is 0.0733. The Morgan fingerprint density at radius 3 is 1.90 bits per heavy atom. The van der Waals surface area contributed by atoms with Crippen LogP contribution in [-0.4, -0.2) is 45.8 Å². The zero-order chi connectivity index (χ0) is 22.8. The van der Waals surface area contributed by atoms with Crippen LogP contribution in [0.3, 0.4) is 0 Å². The molecule has 0 aromatic heterocycles. The van der Waals surface area contributed by atoms with Gasteiger partial charge in [0.1, 0.15) is 34.7 Å². The first-order chi connectivity index (χ1) is 14.0. The van der Waals surface area contributed by atoms with E-state index in [2.05, 4.69) is 0 Å². The molecule has 9 heteroatoms. The third-order valence-corrected chi connectivity index (χ3v) is 4.07. The molecule has 0 bridgehead atoms. The van der Waals surface area contributed by atoms with Crippen LogP contribution in [-0.2, 0) is 35.2 Å². The molecule has 0 aliphatic heterocycles. The van der Waals surface area contributed by atoms with Crippen LogP contribution in [0.25, 0.3) is 0 Å². The highest BCUT2D eigenvalue weighted by Gasteiger charge is 2.22. The fourth-order valence-corrected chi connectivity index (χ4v) is 2.73. The number of aliphatic carboxylic acids is 1. The predicted molar refractivity (Wildman–Crippen MR) is 99.6 cm³/mol. The van der Waals surface area contributed by atoms with Crippen LogP contribution in [0.5, 0.6) is 5.75 Å². The SMILES string of the molecule is CCC(=O)CC(=O)CC(=O)CC(=O)c1c(O)cccc1CC(=O)CC(=O)CC(=O)[O-]. The van der Waals surface area contributed by atoms with E-state index in [0.717, 1.165) is 0 Å². The first-order valence-electron chi connectivity index (χ1n) is 9.15. The van der Waals surface area contributed by atoms with Crippen molar-refractivity contribution in [3.05, 3.63) is 29.3 Å². The quantitative estimate of drug-likeness (QED) is 0.326. The second-order valence-electron chi connectivity index (χ2n) is 6.71. The van der Waals surface area contributed by atoms with Gasteiger partial charge in [-0.3, -0.25) is 28.8 Å². The van der Waals surface area contributed by atoms with Crippen LogP contribution in [0.4, 0.5) is 0 Å². The van der Waals surface area contributed by atoms with E-state index >= 15 is 0 Å². The summed E-state index contributed by atoms with van der Waals surface area (Å²) in [5, 5.41) is 20.4. The lowest BCUT2D eigenvalue weighted by Crippen LogP contribution is -2.26. The standard InChI is InChI=1S/C21H22O9/c1-2-13(22)7-15(24)9-16(25)10-19(28)21-12(4-3-5-18(21)27)6-14(23)8-17(26)11-20(29)30/h3-5,27H,2,6-11H2,1H3,(H,29,30)/p-1. The molecule has 0 amide bonds. The normalized spacial score (nSPS) is 10.3. The highest BCUT2D eigenvalue weighted by molar-refractivity contribution is 6.16. The zero-order valence-corrected chi connectivity index (χ0v) is 16.4. The molecule has 160 valence electrons. The van der Waals surface area contributed by atoms with Crippen molar-refractivity contribution in [1.82, 2.24) is 0 Å². The smallest absolute Gasteiger partial charge is 0.174 e. The van der Waals surface area contributed by atoms with E-state index in [1.165, 1.54) is 18.2 Å². The number of hydrogen-bond donors (Lipinski definition) is 1. The number of carbonyl (C=O) groups excluding carboxylic acids is 7. The maximum atomic E-state index is 12.5.